The van der Waals surface area contributed by atoms with E-state index in [0.717, 1.165) is 18.6 Å². The zero-order valence-corrected chi connectivity index (χ0v) is 11.2. The molecular weight excluding hydrogens is 271 g/mol. The van der Waals surface area contributed by atoms with Gasteiger partial charge in [0, 0.05) is 32.2 Å². The van der Waals surface area contributed by atoms with E-state index in [9.17, 15) is 13.2 Å². The number of nitrogens with one attached hydrogen (secondary N) is 1. The minimum absolute atomic E-state index is 0.0511. The molecule has 0 saturated carbocycles. The maximum Gasteiger partial charge on any atom is 0.416 e. The summed E-state index contributed by atoms with van der Waals surface area (Å²) in [6, 6.07) is 2.09. The van der Waals surface area contributed by atoms with E-state index in [0.29, 0.717) is 25.5 Å². The van der Waals surface area contributed by atoms with Crippen LogP contribution in [0.25, 0.3) is 0 Å². The molecule has 0 spiro atoms. The van der Waals surface area contributed by atoms with Crippen LogP contribution in [0.4, 0.5) is 24.8 Å². The maximum atomic E-state index is 12.9. The van der Waals surface area contributed by atoms with Crippen molar-refractivity contribution in [3.63, 3.8) is 0 Å². The maximum absolute atomic E-state index is 12.9. The monoisotopic (exact) mass is 289 g/mol. The van der Waals surface area contributed by atoms with E-state index in [2.05, 4.69) is 10.3 Å². The van der Waals surface area contributed by atoms with Gasteiger partial charge in [-0.3, -0.25) is 0 Å². The largest absolute Gasteiger partial charge is 0.416 e. The molecule has 2 rings (SSSR count). The first-order valence-electron chi connectivity index (χ1n) is 6.63. The highest BCUT2D eigenvalue weighted by molar-refractivity contribution is 5.51. The van der Waals surface area contributed by atoms with E-state index >= 15 is 0 Å². The van der Waals surface area contributed by atoms with Crippen molar-refractivity contribution >= 4 is 11.6 Å². The minimum atomic E-state index is -4.39. The van der Waals surface area contributed by atoms with Gasteiger partial charge in [-0.05, 0) is 25.5 Å². The summed E-state index contributed by atoms with van der Waals surface area (Å²) in [5, 5.41) is 11.9. The number of aromatic nitrogens is 1. The summed E-state index contributed by atoms with van der Waals surface area (Å²) in [6.07, 6.45) is -3.62. The molecule has 1 aromatic heterocycles. The summed E-state index contributed by atoms with van der Waals surface area (Å²) in [4.78, 5) is 6.01. The standard InChI is InChI=1S/C13H18F3N3O/c1-2-17-11-5-10(13(14,15)16)6-12(18-11)19-4-3-9(7-19)8-20/h5-6,9,20H,2-4,7-8H2,1H3,(H,17,18). The quantitative estimate of drug-likeness (QED) is 0.893. The van der Waals surface area contributed by atoms with Crippen molar-refractivity contribution in [1.82, 2.24) is 4.98 Å². The number of hydrogen-bond donors (Lipinski definition) is 2. The number of aliphatic hydroxyl groups is 1. The van der Waals surface area contributed by atoms with Gasteiger partial charge in [-0.1, -0.05) is 0 Å². The van der Waals surface area contributed by atoms with Gasteiger partial charge in [0.05, 0.1) is 5.56 Å². The predicted molar refractivity (Wildman–Crippen MR) is 70.8 cm³/mol. The van der Waals surface area contributed by atoms with Crippen LogP contribution in [0, 0.1) is 5.92 Å². The van der Waals surface area contributed by atoms with Crippen molar-refractivity contribution in [2.24, 2.45) is 5.92 Å². The third kappa shape index (κ3) is 3.33. The number of halogens is 3. The molecule has 1 aliphatic heterocycles. The van der Waals surface area contributed by atoms with Crippen LogP contribution in [0.1, 0.15) is 18.9 Å². The van der Waals surface area contributed by atoms with E-state index in [1.807, 2.05) is 0 Å². The molecule has 112 valence electrons. The average molecular weight is 289 g/mol. The highest BCUT2D eigenvalue weighted by Gasteiger charge is 2.33. The molecule has 0 aliphatic carbocycles. The molecule has 2 N–H and O–H groups in total. The smallest absolute Gasteiger partial charge is 0.396 e. The Labute approximate surface area is 115 Å². The molecule has 0 bridgehead atoms. The number of rotatable bonds is 4. The van der Waals surface area contributed by atoms with Crippen LogP contribution in [0.5, 0.6) is 0 Å². The lowest BCUT2D eigenvalue weighted by Gasteiger charge is -2.20. The molecule has 1 aromatic rings. The third-order valence-corrected chi connectivity index (χ3v) is 3.37. The molecule has 1 atom stereocenters. The SMILES string of the molecule is CCNc1cc(C(F)(F)F)cc(N2CCC(CO)C2)n1. The van der Waals surface area contributed by atoms with Gasteiger partial charge in [0.2, 0.25) is 0 Å². The molecule has 7 heteroatoms. The van der Waals surface area contributed by atoms with Gasteiger partial charge >= 0.3 is 6.18 Å². The van der Waals surface area contributed by atoms with E-state index in [-0.39, 0.29) is 18.3 Å². The van der Waals surface area contributed by atoms with Gasteiger partial charge in [0.25, 0.3) is 0 Å². The Hall–Kier alpha value is -1.50. The zero-order chi connectivity index (χ0) is 14.8. The number of aliphatic hydroxyl groups excluding tert-OH is 1. The number of anilines is 2. The van der Waals surface area contributed by atoms with Gasteiger partial charge in [-0.2, -0.15) is 13.2 Å². The lowest BCUT2D eigenvalue weighted by molar-refractivity contribution is -0.137. The number of pyridine rings is 1. The van der Waals surface area contributed by atoms with Crippen molar-refractivity contribution in [3.05, 3.63) is 17.7 Å². The summed E-state index contributed by atoms with van der Waals surface area (Å²) in [6.45, 7) is 3.52. The van der Waals surface area contributed by atoms with Crippen LogP contribution in [-0.2, 0) is 6.18 Å². The van der Waals surface area contributed by atoms with E-state index in [1.54, 1.807) is 11.8 Å². The van der Waals surface area contributed by atoms with Crippen LogP contribution in [-0.4, -0.2) is 36.3 Å². The molecular formula is C13H18F3N3O. The molecule has 1 aliphatic rings. The minimum Gasteiger partial charge on any atom is -0.396 e. The van der Waals surface area contributed by atoms with Crippen molar-refractivity contribution in [2.75, 3.05) is 36.5 Å². The molecule has 0 amide bonds. The highest BCUT2D eigenvalue weighted by atomic mass is 19.4. The lowest BCUT2D eigenvalue weighted by atomic mass is 10.1. The number of hydrogen-bond acceptors (Lipinski definition) is 4. The Balaban J connectivity index is 2.30. The van der Waals surface area contributed by atoms with Crippen molar-refractivity contribution in [1.29, 1.82) is 0 Å². The van der Waals surface area contributed by atoms with Gasteiger partial charge < -0.3 is 15.3 Å². The van der Waals surface area contributed by atoms with E-state index in [1.165, 1.54) is 0 Å². The normalized spacial score (nSPS) is 19.4. The van der Waals surface area contributed by atoms with Crippen LogP contribution in [0.3, 0.4) is 0 Å². The average Bonchev–Trinajstić information content (AvgIpc) is 2.86. The summed E-state index contributed by atoms with van der Waals surface area (Å²) < 4.78 is 38.7. The fourth-order valence-electron chi connectivity index (χ4n) is 2.30. The number of nitrogens with zero attached hydrogens (tertiary/aromatic N) is 2. The van der Waals surface area contributed by atoms with E-state index < -0.39 is 11.7 Å². The lowest BCUT2D eigenvalue weighted by Crippen LogP contribution is -2.23. The Morgan fingerprint density at radius 2 is 2.20 bits per heavy atom. The molecule has 0 radical (unpaired) electrons. The number of alkyl halides is 3. The fraction of sp³-hybridized carbons (Fsp3) is 0.615. The first-order valence-corrected chi connectivity index (χ1v) is 6.63. The second-order valence-corrected chi connectivity index (χ2v) is 4.91. The van der Waals surface area contributed by atoms with Gasteiger partial charge in [-0.25, -0.2) is 4.98 Å². The van der Waals surface area contributed by atoms with Crippen LogP contribution < -0.4 is 10.2 Å². The van der Waals surface area contributed by atoms with Gasteiger partial charge in [-0.15, -0.1) is 0 Å². The summed E-state index contributed by atoms with van der Waals surface area (Å²) in [5.41, 5.74) is -0.703. The first kappa shape index (κ1) is 14.9. The predicted octanol–water partition coefficient (Wildman–Crippen LogP) is 2.35. The molecule has 1 saturated heterocycles. The van der Waals surface area contributed by atoms with Crippen molar-refractivity contribution in [2.45, 2.75) is 19.5 Å². The Morgan fingerprint density at radius 3 is 2.75 bits per heavy atom. The van der Waals surface area contributed by atoms with Crippen LogP contribution in [0.15, 0.2) is 12.1 Å². The van der Waals surface area contributed by atoms with Crippen LogP contribution >= 0.6 is 0 Å². The second-order valence-electron chi connectivity index (χ2n) is 4.91. The highest BCUT2D eigenvalue weighted by Crippen LogP contribution is 2.34. The molecule has 2 heterocycles. The first-order chi connectivity index (χ1) is 9.44. The molecule has 1 fully saturated rings. The molecule has 0 aromatic carbocycles. The van der Waals surface area contributed by atoms with Gasteiger partial charge in [0.15, 0.2) is 0 Å². The zero-order valence-electron chi connectivity index (χ0n) is 11.2. The molecule has 1 unspecified atom stereocenters. The summed E-state index contributed by atoms with van der Waals surface area (Å²) >= 11 is 0. The summed E-state index contributed by atoms with van der Waals surface area (Å²) in [5.74, 6) is 0.644. The fourth-order valence-corrected chi connectivity index (χ4v) is 2.30. The second kappa shape index (κ2) is 5.87. The third-order valence-electron chi connectivity index (χ3n) is 3.37. The van der Waals surface area contributed by atoms with Gasteiger partial charge in [0.1, 0.15) is 11.6 Å². The van der Waals surface area contributed by atoms with Crippen molar-refractivity contribution < 1.29 is 18.3 Å². The summed E-state index contributed by atoms with van der Waals surface area (Å²) in [7, 11) is 0. The molecule has 4 nitrogen and oxygen atoms in total. The Bertz CT molecular complexity index is 465. The van der Waals surface area contributed by atoms with Crippen molar-refractivity contribution in [3.8, 4) is 0 Å². The Morgan fingerprint density at radius 1 is 1.45 bits per heavy atom. The van der Waals surface area contributed by atoms with Crippen LogP contribution in [0.2, 0.25) is 0 Å². The van der Waals surface area contributed by atoms with E-state index in [4.69, 9.17) is 5.11 Å². The molecule has 20 heavy (non-hydrogen) atoms. The topological polar surface area (TPSA) is 48.4 Å². The Kier molecular flexibility index (Phi) is 4.37.